The highest BCUT2D eigenvalue weighted by Gasteiger charge is 2.30. The third-order valence-corrected chi connectivity index (χ3v) is 4.80. The molecule has 6 nitrogen and oxygen atoms in total. The van der Waals surface area contributed by atoms with Crippen LogP contribution in [0.4, 0.5) is 29.1 Å². The van der Waals surface area contributed by atoms with E-state index < -0.39 is 30.3 Å². The van der Waals surface area contributed by atoms with Crippen LogP contribution < -0.4 is 5.32 Å². The Morgan fingerprint density at radius 3 is 2.38 bits per heavy atom. The van der Waals surface area contributed by atoms with E-state index in [0.717, 1.165) is 18.2 Å². The van der Waals surface area contributed by atoms with E-state index in [-0.39, 0.29) is 11.3 Å². The molecule has 2 aromatic heterocycles. The van der Waals surface area contributed by atoms with E-state index in [1.165, 1.54) is 24.7 Å². The van der Waals surface area contributed by atoms with Crippen LogP contribution in [0.15, 0.2) is 61.1 Å². The van der Waals surface area contributed by atoms with Crippen molar-refractivity contribution in [2.24, 2.45) is 0 Å². The van der Waals surface area contributed by atoms with E-state index in [9.17, 15) is 22.7 Å². The van der Waals surface area contributed by atoms with Gasteiger partial charge in [-0.05, 0) is 42.5 Å². The van der Waals surface area contributed by atoms with Crippen molar-refractivity contribution in [1.29, 1.82) is 0 Å². The molecule has 1 atom stereocenters. The molecular formula is C22H16F4N4O2. The van der Waals surface area contributed by atoms with Crippen LogP contribution in [0.25, 0.3) is 22.2 Å². The van der Waals surface area contributed by atoms with Crippen LogP contribution in [0, 0.1) is 5.82 Å². The molecule has 164 valence electrons. The number of hydrogen-bond acceptors (Lipinski definition) is 6. The zero-order chi connectivity index (χ0) is 22.9. The maximum atomic E-state index is 14.5. The Balaban J connectivity index is 1.64. The van der Waals surface area contributed by atoms with Gasteiger partial charge >= 0.3 is 6.18 Å². The standard InChI is InChI=1S/C22H16F4N4O2/c23-17-7-13(19(32)10-31)9-27-20(17)12-1-6-16-18(8-12)28-11-29-21(16)30-15-4-2-14(3-5-15)22(24,25)26/h1-9,11,19,31-32H,10H2,(H,28,29,30)/t19-/m0/s1. The van der Waals surface area contributed by atoms with Gasteiger partial charge in [-0.15, -0.1) is 0 Å². The molecule has 3 N–H and O–H groups in total. The number of rotatable bonds is 5. The van der Waals surface area contributed by atoms with Crippen molar-refractivity contribution in [3.8, 4) is 11.3 Å². The van der Waals surface area contributed by atoms with E-state index >= 15 is 0 Å². The van der Waals surface area contributed by atoms with Crippen molar-refractivity contribution < 1.29 is 27.8 Å². The van der Waals surface area contributed by atoms with Crippen molar-refractivity contribution in [2.45, 2.75) is 12.3 Å². The van der Waals surface area contributed by atoms with Gasteiger partial charge in [0.25, 0.3) is 0 Å². The second-order valence-corrected chi connectivity index (χ2v) is 6.95. The highest BCUT2D eigenvalue weighted by molar-refractivity contribution is 5.93. The van der Waals surface area contributed by atoms with E-state index in [0.29, 0.717) is 28.0 Å². The highest BCUT2D eigenvalue weighted by Crippen LogP contribution is 2.32. The van der Waals surface area contributed by atoms with Crippen LogP contribution in [0.5, 0.6) is 0 Å². The van der Waals surface area contributed by atoms with Crippen molar-refractivity contribution >= 4 is 22.4 Å². The van der Waals surface area contributed by atoms with Gasteiger partial charge in [-0.2, -0.15) is 13.2 Å². The van der Waals surface area contributed by atoms with Crippen LogP contribution in [0.1, 0.15) is 17.2 Å². The first-order valence-corrected chi connectivity index (χ1v) is 9.40. The summed E-state index contributed by atoms with van der Waals surface area (Å²) in [4.78, 5) is 12.4. The molecular weight excluding hydrogens is 428 g/mol. The summed E-state index contributed by atoms with van der Waals surface area (Å²) in [5.74, 6) is -0.303. The van der Waals surface area contributed by atoms with Crippen molar-refractivity contribution in [1.82, 2.24) is 15.0 Å². The lowest BCUT2D eigenvalue weighted by atomic mass is 10.1. The number of hydrogen-bond donors (Lipinski definition) is 3. The molecule has 0 saturated carbocycles. The predicted molar refractivity (Wildman–Crippen MR) is 109 cm³/mol. The van der Waals surface area contributed by atoms with Gasteiger partial charge in [-0.3, -0.25) is 4.98 Å². The van der Waals surface area contributed by atoms with Crippen molar-refractivity contribution in [3.63, 3.8) is 0 Å². The Morgan fingerprint density at radius 1 is 0.969 bits per heavy atom. The number of fused-ring (bicyclic) bond motifs is 1. The molecule has 0 saturated heterocycles. The Labute approximate surface area is 179 Å². The van der Waals surface area contributed by atoms with Gasteiger partial charge in [0.15, 0.2) is 0 Å². The summed E-state index contributed by atoms with van der Waals surface area (Å²) in [5.41, 5.74) is 0.739. The molecule has 2 heterocycles. The molecule has 0 amide bonds. The molecule has 0 spiro atoms. The van der Waals surface area contributed by atoms with Gasteiger partial charge in [0.05, 0.1) is 17.7 Å². The lowest BCUT2D eigenvalue weighted by Gasteiger charge is -2.12. The fourth-order valence-corrected chi connectivity index (χ4v) is 3.14. The summed E-state index contributed by atoms with van der Waals surface area (Å²) in [6, 6.07) is 10.5. The molecule has 0 bridgehead atoms. The molecule has 0 aliphatic rings. The average Bonchev–Trinajstić information content (AvgIpc) is 2.78. The summed E-state index contributed by atoms with van der Waals surface area (Å²) >= 11 is 0. The Hall–Kier alpha value is -3.63. The van der Waals surface area contributed by atoms with Gasteiger partial charge in [-0.25, -0.2) is 14.4 Å². The number of pyridine rings is 1. The van der Waals surface area contributed by atoms with Crippen molar-refractivity contribution in [3.05, 3.63) is 78.0 Å². The fraction of sp³-hybridized carbons (Fsp3) is 0.136. The molecule has 0 aliphatic carbocycles. The minimum Gasteiger partial charge on any atom is -0.393 e. The SMILES string of the molecule is OC[C@H](O)c1cnc(-c2ccc3c(Nc4ccc(C(F)(F)F)cc4)ncnc3c2)c(F)c1. The zero-order valence-corrected chi connectivity index (χ0v) is 16.3. The smallest absolute Gasteiger partial charge is 0.393 e. The largest absolute Gasteiger partial charge is 0.416 e. The van der Waals surface area contributed by atoms with Crippen LogP contribution in [0.3, 0.4) is 0 Å². The van der Waals surface area contributed by atoms with Gasteiger partial charge in [0, 0.05) is 28.4 Å². The van der Waals surface area contributed by atoms with E-state index in [4.69, 9.17) is 5.11 Å². The van der Waals surface area contributed by atoms with Crippen LogP contribution in [0.2, 0.25) is 0 Å². The first kappa shape index (κ1) is 21.6. The maximum absolute atomic E-state index is 14.5. The first-order chi connectivity index (χ1) is 15.3. The minimum absolute atomic E-state index is 0.0386. The predicted octanol–water partition coefficient (Wildman–Crippen LogP) is 4.62. The van der Waals surface area contributed by atoms with Crippen LogP contribution >= 0.6 is 0 Å². The number of aromatic nitrogens is 3. The third-order valence-electron chi connectivity index (χ3n) is 4.80. The number of anilines is 2. The van der Waals surface area contributed by atoms with Gasteiger partial charge in [-0.1, -0.05) is 6.07 Å². The summed E-state index contributed by atoms with van der Waals surface area (Å²) < 4.78 is 52.8. The average molecular weight is 444 g/mol. The highest BCUT2D eigenvalue weighted by atomic mass is 19.4. The normalized spacial score (nSPS) is 12.7. The van der Waals surface area contributed by atoms with Gasteiger partial charge in [0.1, 0.15) is 29.8 Å². The topological polar surface area (TPSA) is 91.2 Å². The summed E-state index contributed by atoms with van der Waals surface area (Å²) in [6.45, 7) is -0.554. The number of nitrogens with zero attached hydrogens (tertiary/aromatic N) is 3. The Kier molecular flexibility index (Phi) is 5.72. The molecule has 4 rings (SSSR count). The summed E-state index contributed by atoms with van der Waals surface area (Å²) in [7, 11) is 0. The molecule has 0 unspecified atom stereocenters. The molecule has 32 heavy (non-hydrogen) atoms. The lowest BCUT2D eigenvalue weighted by Crippen LogP contribution is -2.05. The third kappa shape index (κ3) is 4.36. The summed E-state index contributed by atoms with van der Waals surface area (Å²) in [6.07, 6.45) is -3.09. The molecule has 0 radical (unpaired) electrons. The van der Waals surface area contributed by atoms with Crippen molar-refractivity contribution in [2.75, 3.05) is 11.9 Å². The number of alkyl halides is 3. The van der Waals surface area contributed by atoms with E-state index in [1.807, 2.05) is 0 Å². The lowest BCUT2D eigenvalue weighted by molar-refractivity contribution is -0.137. The zero-order valence-electron chi connectivity index (χ0n) is 16.3. The van der Waals surface area contributed by atoms with E-state index in [1.54, 1.807) is 18.2 Å². The first-order valence-electron chi connectivity index (χ1n) is 9.40. The molecule has 4 aromatic rings. The minimum atomic E-state index is -4.42. The van der Waals surface area contributed by atoms with Crippen LogP contribution in [-0.2, 0) is 6.18 Å². The number of benzene rings is 2. The second kappa shape index (κ2) is 8.48. The fourth-order valence-electron chi connectivity index (χ4n) is 3.14. The molecule has 0 aliphatic heterocycles. The monoisotopic (exact) mass is 444 g/mol. The Bertz CT molecular complexity index is 1260. The molecule has 2 aromatic carbocycles. The number of halogens is 4. The summed E-state index contributed by atoms with van der Waals surface area (Å²) in [5, 5.41) is 22.2. The van der Waals surface area contributed by atoms with Gasteiger partial charge in [0.2, 0.25) is 0 Å². The second-order valence-electron chi connectivity index (χ2n) is 6.95. The molecule has 0 fully saturated rings. The van der Waals surface area contributed by atoms with E-state index in [2.05, 4.69) is 20.3 Å². The van der Waals surface area contributed by atoms with Gasteiger partial charge < -0.3 is 15.5 Å². The number of nitrogens with one attached hydrogen (secondary N) is 1. The van der Waals surface area contributed by atoms with Crippen LogP contribution in [-0.4, -0.2) is 31.8 Å². The number of aliphatic hydroxyl groups excluding tert-OH is 2. The quantitative estimate of drug-likeness (QED) is 0.389. The maximum Gasteiger partial charge on any atom is 0.416 e. The Morgan fingerprint density at radius 2 is 1.72 bits per heavy atom. The number of aliphatic hydroxyl groups is 2. The molecule has 10 heteroatoms.